The van der Waals surface area contributed by atoms with Gasteiger partial charge in [-0.2, -0.15) is 0 Å². The van der Waals surface area contributed by atoms with E-state index < -0.39 is 10.0 Å². The third-order valence-electron chi connectivity index (χ3n) is 3.24. The Bertz CT molecular complexity index is 636. The number of nitrogens with two attached hydrogens (primary N) is 1. The van der Waals surface area contributed by atoms with E-state index >= 15 is 0 Å². The maximum atomic E-state index is 12.2. The predicted molar refractivity (Wildman–Crippen MR) is 74.1 cm³/mol. The second-order valence-electron chi connectivity index (χ2n) is 5.15. The summed E-state index contributed by atoms with van der Waals surface area (Å²) in [4.78, 5) is 12.1. The molecule has 2 rings (SSSR count). The maximum Gasteiger partial charge on any atom is 0.255 e. The third-order valence-corrected chi connectivity index (χ3v) is 4.15. The zero-order valence-corrected chi connectivity index (χ0v) is 12.3. The van der Waals surface area contributed by atoms with Crippen molar-refractivity contribution in [2.24, 2.45) is 5.14 Å². The van der Waals surface area contributed by atoms with Crippen LogP contribution >= 0.6 is 0 Å². The van der Waals surface area contributed by atoms with Crippen molar-refractivity contribution in [2.75, 3.05) is 6.61 Å². The molecule has 1 amide bonds. The molecular formula is C13H18N2O4S. The second kappa shape index (κ2) is 5.06. The predicted octanol–water partition coefficient (Wildman–Crippen LogP) is 1.01. The minimum atomic E-state index is -3.85. The van der Waals surface area contributed by atoms with Gasteiger partial charge in [0.1, 0.15) is 5.75 Å². The Balaban J connectivity index is 2.38. The lowest BCUT2D eigenvalue weighted by Gasteiger charge is -2.15. The van der Waals surface area contributed by atoms with Crippen molar-refractivity contribution in [1.82, 2.24) is 5.32 Å². The smallest absolute Gasteiger partial charge is 0.255 e. The van der Waals surface area contributed by atoms with E-state index in [1.165, 1.54) is 18.2 Å². The fourth-order valence-electron chi connectivity index (χ4n) is 1.80. The molecule has 0 bridgehead atoms. The lowest BCUT2D eigenvalue weighted by molar-refractivity contribution is 0.0931. The van der Waals surface area contributed by atoms with Crippen LogP contribution < -0.4 is 15.2 Å². The Morgan fingerprint density at radius 1 is 1.45 bits per heavy atom. The summed E-state index contributed by atoms with van der Waals surface area (Å²) in [5, 5.41) is 7.96. The summed E-state index contributed by atoms with van der Waals surface area (Å²) in [5.74, 6) is 0.000556. The summed E-state index contributed by atoms with van der Waals surface area (Å²) in [5.41, 5.74) is -0.00969. The molecule has 1 aliphatic rings. The number of carbonyl (C=O) groups excluding carboxylic acids is 1. The van der Waals surface area contributed by atoms with Gasteiger partial charge in [-0.15, -0.1) is 0 Å². The molecule has 0 radical (unpaired) electrons. The molecule has 7 heteroatoms. The molecule has 1 aromatic carbocycles. The number of hydrogen-bond donors (Lipinski definition) is 2. The fourth-order valence-corrected chi connectivity index (χ4v) is 2.34. The number of hydrogen-bond acceptors (Lipinski definition) is 4. The van der Waals surface area contributed by atoms with Crippen molar-refractivity contribution in [2.45, 2.75) is 37.1 Å². The number of primary sulfonamides is 1. The number of amides is 1. The first-order chi connectivity index (χ1) is 9.25. The Hall–Kier alpha value is -1.60. The molecule has 6 nitrogen and oxygen atoms in total. The van der Waals surface area contributed by atoms with Crippen LogP contribution in [-0.2, 0) is 10.0 Å². The van der Waals surface area contributed by atoms with E-state index in [2.05, 4.69) is 5.32 Å². The van der Waals surface area contributed by atoms with Gasteiger partial charge in [0.25, 0.3) is 5.91 Å². The summed E-state index contributed by atoms with van der Waals surface area (Å²) in [6.07, 6.45) is 1.83. The van der Waals surface area contributed by atoms with E-state index in [-0.39, 0.29) is 21.9 Å². The fraction of sp³-hybridized carbons (Fsp3) is 0.462. The van der Waals surface area contributed by atoms with Gasteiger partial charge in [0.15, 0.2) is 0 Å². The highest BCUT2D eigenvalue weighted by molar-refractivity contribution is 7.89. The number of nitrogens with one attached hydrogen (secondary N) is 1. The highest BCUT2D eigenvalue weighted by atomic mass is 32.2. The molecule has 1 aromatic rings. The standard InChI is InChI=1S/C13H18N2O4S/c1-3-19-11-5-4-9(20(14,17)18)8-10(11)12(16)15-13(2)6-7-13/h4-5,8H,3,6-7H2,1-2H3,(H,15,16)(H2,14,17,18). The van der Waals surface area contributed by atoms with Crippen LogP contribution in [0.1, 0.15) is 37.0 Å². The van der Waals surface area contributed by atoms with Gasteiger partial charge in [-0.05, 0) is 44.9 Å². The average Bonchev–Trinajstić information content (AvgIpc) is 3.06. The lowest BCUT2D eigenvalue weighted by Crippen LogP contribution is -2.34. The Morgan fingerprint density at radius 2 is 2.10 bits per heavy atom. The first kappa shape index (κ1) is 14.8. The van der Waals surface area contributed by atoms with Gasteiger partial charge in [0.2, 0.25) is 10.0 Å². The van der Waals surface area contributed by atoms with Gasteiger partial charge < -0.3 is 10.1 Å². The molecule has 0 aromatic heterocycles. The quantitative estimate of drug-likeness (QED) is 0.847. The lowest BCUT2D eigenvalue weighted by atomic mass is 10.1. The van der Waals surface area contributed by atoms with Crippen LogP contribution in [0.15, 0.2) is 23.1 Å². The van der Waals surface area contributed by atoms with E-state index in [9.17, 15) is 13.2 Å². The summed E-state index contributed by atoms with van der Waals surface area (Å²) in [7, 11) is -3.85. The average molecular weight is 298 g/mol. The topological polar surface area (TPSA) is 98.5 Å². The van der Waals surface area contributed by atoms with Crippen LogP contribution in [0.25, 0.3) is 0 Å². The zero-order chi connectivity index (χ0) is 15.0. The normalized spacial score (nSPS) is 16.6. The van der Waals surface area contributed by atoms with Crippen LogP contribution in [0.4, 0.5) is 0 Å². The van der Waals surface area contributed by atoms with E-state index in [1.54, 1.807) is 6.92 Å². The Kier molecular flexibility index (Phi) is 3.75. The number of rotatable bonds is 5. The van der Waals surface area contributed by atoms with E-state index in [0.717, 1.165) is 12.8 Å². The largest absolute Gasteiger partial charge is 0.493 e. The van der Waals surface area contributed by atoms with Crippen molar-refractivity contribution in [1.29, 1.82) is 0 Å². The van der Waals surface area contributed by atoms with Crippen molar-refractivity contribution in [3.63, 3.8) is 0 Å². The minimum absolute atomic E-state index is 0.105. The van der Waals surface area contributed by atoms with Gasteiger partial charge in [-0.25, -0.2) is 13.6 Å². The van der Waals surface area contributed by atoms with E-state index in [4.69, 9.17) is 9.88 Å². The zero-order valence-electron chi connectivity index (χ0n) is 11.5. The molecule has 0 spiro atoms. The molecular weight excluding hydrogens is 280 g/mol. The monoisotopic (exact) mass is 298 g/mol. The van der Waals surface area contributed by atoms with Crippen LogP contribution in [-0.4, -0.2) is 26.5 Å². The molecule has 0 saturated heterocycles. The van der Waals surface area contributed by atoms with Crippen LogP contribution in [0.5, 0.6) is 5.75 Å². The highest BCUT2D eigenvalue weighted by Crippen LogP contribution is 2.35. The molecule has 0 atom stereocenters. The van der Waals surface area contributed by atoms with Crippen LogP contribution in [0, 0.1) is 0 Å². The SMILES string of the molecule is CCOc1ccc(S(N)(=O)=O)cc1C(=O)NC1(C)CC1. The van der Waals surface area contributed by atoms with Crippen molar-refractivity contribution in [3.8, 4) is 5.75 Å². The molecule has 3 N–H and O–H groups in total. The number of ether oxygens (including phenoxy) is 1. The number of carbonyl (C=O) groups is 1. The minimum Gasteiger partial charge on any atom is -0.493 e. The molecule has 0 aliphatic heterocycles. The van der Waals surface area contributed by atoms with Crippen molar-refractivity contribution < 1.29 is 17.9 Å². The Morgan fingerprint density at radius 3 is 2.60 bits per heavy atom. The maximum absolute atomic E-state index is 12.2. The first-order valence-corrected chi connectivity index (χ1v) is 7.92. The van der Waals surface area contributed by atoms with Gasteiger partial charge in [0, 0.05) is 5.54 Å². The number of sulfonamides is 1. The molecule has 1 aliphatic carbocycles. The summed E-state index contributed by atoms with van der Waals surface area (Å²) in [6.45, 7) is 4.11. The molecule has 20 heavy (non-hydrogen) atoms. The van der Waals surface area contributed by atoms with Gasteiger partial charge in [0.05, 0.1) is 17.1 Å². The van der Waals surface area contributed by atoms with Crippen molar-refractivity contribution in [3.05, 3.63) is 23.8 Å². The molecule has 1 saturated carbocycles. The summed E-state index contributed by atoms with van der Waals surface area (Å²) < 4.78 is 28.1. The van der Waals surface area contributed by atoms with E-state index in [1.807, 2.05) is 6.92 Å². The van der Waals surface area contributed by atoms with Gasteiger partial charge in [-0.1, -0.05) is 0 Å². The second-order valence-corrected chi connectivity index (χ2v) is 6.71. The molecule has 1 fully saturated rings. The highest BCUT2D eigenvalue weighted by Gasteiger charge is 2.39. The Labute approximate surface area is 118 Å². The molecule has 0 unspecified atom stereocenters. The van der Waals surface area contributed by atoms with Crippen LogP contribution in [0.3, 0.4) is 0 Å². The van der Waals surface area contributed by atoms with Crippen molar-refractivity contribution >= 4 is 15.9 Å². The first-order valence-electron chi connectivity index (χ1n) is 6.37. The van der Waals surface area contributed by atoms with E-state index in [0.29, 0.717) is 12.4 Å². The van der Waals surface area contributed by atoms with Gasteiger partial charge in [-0.3, -0.25) is 4.79 Å². The van der Waals surface area contributed by atoms with Gasteiger partial charge >= 0.3 is 0 Å². The summed E-state index contributed by atoms with van der Waals surface area (Å²) in [6, 6.07) is 4.03. The molecule has 110 valence electrons. The third kappa shape index (κ3) is 3.29. The number of benzene rings is 1. The molecule has 0 heterocycles. The summed E-state index contributed by atoms with van der Waals surface area (Å²) >= 11 is 0. The van der Waals surface area contributed by atoms with Crippen LogP contribution in [0.2, 0.25) is 0 Å².